The van der Waals surface area contributed by atoms with Gasteiger partial charge in [-0.15, -0.1) is 0 Å². The smallest absolute Gasteiger partial charge is 0.0726 e. The van der Waals surface area contributed by atoms with Gasteiger partial charge in [-0.05, 0) is 11.7 Å². The van der Waals surface area contributed by atoms with E-state index >= 15 is 0 Å². The van der Waals surface area contributed by atoms with Crippen LogP contribution in [0.5, 0.6) is 0 Å². The second-order valence-corrected chi connectivity index (χ2v) is 4.33. The highest BCUT2D eigenvalue weighted by molar-refractivity contribution is 7.99. The fraction of sp³-hybridized carbons (Fsp3) is 0.625. The molecule has 2 atom stereocenters. The summed E-state index contributed by atoms with van der Waals surface area (Å²) in [7, 11) is 0. The normalized spacial score (nSPS) is 29.1. The Kier molecular flexibility index (Phi) is 2.26. The van der Waals surface area contributed by atoms with Crippen LogP contribution >= 0.6 is 11.8 Å². The van der Waals surface area contributed by atoms with E-state index in [1.165, 1.54) is 11.5 Å². The summed E-state index contributed by atoms with van der Waals surface area (Å²) in [5.74, 6) is 3.26. The first-order chi connectivity index (χ1) is 5.86. The summed E-state index contributed by atoms with van der Waals surface area (Å²) in [6.45, 7) is 2.29. The Morgan fingerprint density at radius 2 is 2.58 bits per heavy atom. The van der Waals surface area contributed by atoms with Crippen LogP contribution in [0.4, 0.5) is 5.69 Å². The van der Waals surface area contributed by atoms with Gasteiger partial charge in [-0.3, -0.25) is 5.10 Å². The third kappa shape index (κ3) is 1.58. The van der Waals surface area contributed by atoms with Crippen molar-refractivity contribution >= 4 is 17.4 Å². The summed E-state index contributed by atoms with van der Waals surface area (Å²) >= 11 is 2.02. The summed E-state index contributed by atoms with van der Waals surface area (Å²) in [6.07, 6.45) is 3.73. The van der Waals surface area contributed by atoms with Crippen molar-refractivity contribution in [1.82, 2.24) is 10.2 Å². The Morgan fingerprint density at radius 3 is 3.17 bits per heavy atom. The molecule has 0 aromatic carbocycles. The van der Waals surface area contributed by atoms with E-state index in [2.05, 4.69) is 22.4 Å². The second kappa shape index (κ2) is 3.39. The molecule has 12 heavy (non-hydrogen) atoms. The van der Waals surface area contributed by atoms with E-state index in [-0.39, 0.29) is 0 Å². The van der Waals surface area contributed by atoms with Crippen LogP contribution < -0.4 is 5.32 Å². The van der Waals surface area contributed by atoms with Crippen molar-refractivity contribution in [2.45, 2.75) is 13.0 Å². The molecule has 1 aliphatic heterocycles. The Balaban J connectivity index is 1.95. The van der Waals surface area contributed by atoms with E-state index in [9.17, 15) is 0 Å². The Hall–Kier alpha value is -0.640. The number of nitrogens with one attached hydrogen (secondary N) is 2. The summed E-state index contributed by atoms with van der Waals surface area (Å²) in [5, 5.41) is 10.2. The van der Waals surface area contributed by atoms with Gasteiger partial charge in [-0.1, -0.05) is 6.92 Å². The quantitative estimate of drug-likeness (QED) is 0.731. The summed E-state index contributed by atoms with van der Waals surface area (Å²) in [5.41, 5.74) is 1.11. The van der Waals surface area contributed by atoms with Gasteiger partial charge in [0.15, 0.2) is 0 Å². The van der Waals surface area contributed by atoms with Crippen LogP contribution in [0.2, 0.25) is 0 Å². The molecular formula is C8H13N3S. The average Bonchev–Trinajstić information content (AvgIpc) is 2.65. The van der Waals surface area contributed by atoms with E-state index in [0.717, 1.165) is 11.6 Å². The molecule has 0 aliphatic carbocycles. The first-order valence-corrected chi connectivity index (χ1v) is 5.35. The number of hydrogen-bond donors (Lipinski definition) is 2. The second-order valence-electron chi connectivity index (χ2n) is 3.25. The minimum Gasteiger partial charge on any atom is -0.379 e. The summed E-state index contributed by atoms with van der Waals surface area (Å²) in [4.78, 5) is 0. The van der Waals surface area contributed by atoms with Crippen LogP contribution in [0.15, 0.2) is 12.4 Å². The van der Waals surface area contributed by atoms with Crippen molar-refractivity contribution in [2.75, 3.05) is 16.8 Å². The molecule has 1 fully saturated rings. The van der Waals surface area contributed by atoms with Gasteiger partial charge in [-0.2, -0.15) is 16.9 Å². The van der Waals surface area contributed by atoms with Crippen LogP contribution in [0.3, 0.4) is 0 Å². The number of anilines is 1. The first kappa shape index (κ1) is 7.98. The summed E-state index contributed by atoms with van der Waals surface area (Å²) in [6, 6.07) is 0.618. The van der Waals surface area contributed by atoms with Gasteiger partial charge in [0, 0.05) is 18.0 Å². The van der Waals surface area contributed by atoms with Gasteiger partial charge in [-0.25, -0.2) is 0 Å². The molecule has 2 rings (SSSR count). The van der Waals surface area contributed by atoms with E-state index in [1.807, 2.05) is 24.2 Å². The van der Waals surface area contributed by atoms with Crippen molar-refractivity contribution in [3.8, 4) is 0 Å². The molecule has 0 amide bonds. The number of aromatic nitrogens is 2. The highest BCUT2D eigenvalue weighted by Crippen LogP contribution is 2.25. The number of nitrogens with zero attached hydrogens (tertiary/aromatic N) is 1. The molecule has 1 aromatic heterocycles. The molecule has 2 unspecified atom stereocenters. The molecule has 0 bridgehead atoms. The maximum atomic E-state index is 3.89. The molecule has 4 heteroatoms. The summed E-state index contributed by atoms with van der Waals surface area (Å²) < 4.78 is 0. The Bertz CT molecular complexity index is 234. The highest BCUT2D eigenvalue weighted by Gasteiger charge is 2.23. The van der Waals surface area contributed by atoms with Crippen molar-refractivity contribution in [3.05, 3.63) is 12.4 Å². The first-order valence-electron chi connectivity index (χ1n) is 4.19. The standard InChI is InChI=1S/C8H13N3S/c1-6-4-12-5-8(6)11-7-2-9-10-3-7/h2-3,6,8,11H,4-5H2,1H3,(H,9,10). The van der Waals surface area contributed by atoms with E-state index in [0.29, 0.717) is 6.04 Å². The van der Waals surface area contributed by atoms with Crippen molar-refractivity contribution in [1.29, 1.82) is 0 Å². The molecule has 1 aromatic rings. The monoisotopic (exact) mass is 183 g/mol. The van der Waals surface area contributed by atoms with Crippen LogP contribution in [0.1, 0.15) is 6.92 Å². The highest BCUT2D eigenvalue weighted by atomic mass is 32.2. The van der Waals surface area contributed by atoms with Crippen molar-refractivity contribution < 1.29 is 0 Å². The predicted molar refractivity (Wildman–Crippen MR) is 52.5 cm³/mol. The van der Waals surface area contributed by atoms with Crippen molar-refractivity contribution in [3.63, 3.8) is 0 Å². The largest absolute Gasteiger partial charge is 0.379 e. The number of rotatable bonds is 2. The molecule has 66 valence electrons. The molecule has 0 spiro atoms. The zero-order valence-electron chi connectivity index (χ0n) is 7.08. The number of aromatic amines is 1. The zero-order chi connectivity index (χ0) is 8.39. The fourth-order valence-electron chi connectivity index (χ4n) is 1.39. The van der Waals surface area contributed by atoms with Gasteiger partial charge in [0.2, 0.25) is 0 Å². The van der Waals surface area contributed by atoms with Gasteiger partial charge in [0.05, 0.1) is 11.9 Å². The van der Waals surface area contributed by atoms with Crippen LogP contribution in [0, 0.1) is 5.92 Å². The molecule has 0 radical (unpaired) electrons. The molecule has 2 N–H and O–H groups in total. The average molecular weight is 183 g/mol. The maximum Gasteiger partial charge on any atom is 0.0726 e. The molecule has 1 aliphatic rings. The lowest BCUT2D eigenvalue weighted by molar-refractivity contribution is 0.599. The van der Waals surface area contributed by atoms with Gasteiger partial charge in [0.1, 0.15) is 0 Å². The van der Waals surface area contributed by atoms with Crippen LogP contribution in [-0.2, 0) is 0 Å². The van der Waals surface area contributed by atoms with E-state index in [4.69, 9.17) is 0 Å². The van der Waals surface area contributed by atoms with Gasteiger partial charge in [0.25, 0.3) is 0 Å². The van der Waals surface area contributed by atoms with Gasteiger partial charge < -0.3 is 5.32 Å². The third-order valence-corrected chi connectivity index (χ3v) is 3.57. The Morgan fingerprint density at radius 1 is 1.67 bits per heavy atom. The molecule has 1 saturated heterocycles. The van der Waals surface area contributed by atoms with Crippen molar-refractivity contribution in [2.24, 2.45) is 5.92 Å². The molecule has 0 saturated carbocycles. The molecular weight excluding hydrogens is 170 g/mol. The minimum absolute atomic E-state index is 0.618. The van der Waals surface area contributed by atoms with Crippen LogP contribution in [-0.4, -0.2) is 27.7 Å². The van der Waals surface area contributed by atoms with Crippen LogP contribution in [0.25, 0.3) is 0 Å². The molecule has 3 nitrogen and oxygen atoms in total. The lowest BCUT2D eigenvalue weighted by Gasteiger charge is -2.15. The zero-order valence-corrected chi connectivity index (χ0v) is 7.90. The van der Waals surface area contributed by atoms with Gasteiger partial charge >= 0.3 is 0 Å². The molecule has 2 heterocycles. The fourth-order valence-corrected chi connectivity index (χ4v) is 2.80. The number of hydrogen-bond acceptors (Lipinski definition) is 3. The third-order valence-electron chi connectivity index (χ3n) is 2.22. The lowest BCUT2D eigenvalue weighted by Crippen LogP contribution is -2.25. The predicted octanol–water partition coefficient (Wildman–Crippen LogP) is 1.57. The maximum absolute atomic E-state index is 3.89. The number of H-pyrrole nitrogens is 1. The SMILES string of the molecule is CC1CSCC1Nc1cn[nH]c1. The topological polar surface area (TPSA) is 40.7 Å². The lowest BCUT2D eigenvalue weighted by atomic mass is 10.1. The van der Waals surface area contributed by atoms with E-state index < -0.39 is 0 Å². The van der Waals surface area contributed by atoms with E-state index in [1.54, 1.807) is 0 Å². The minimum atomic E-state index is 0.618. The Labute approximate surface area is 76.3 Å². The number of thioether (sulfide) groups is 1.